The summed E-state index contributed by atoms with van der Waals surface area (Å²) in [6.07, 6.45) is 4.79. The van der Waals surface area contributed by atoms with Gasteiger partial charge in [-0.05, 0) is 36.6 Å². The first-order chi connectivity index (χ1) is 7.69. The maximum Gasteiger partial charge on any atom is 0.119 e. The standard InChI is InChI=1S/C14H23NO/c1-4-5-6-7-14(15)13-9-8-12(16-3)10-11(13)2/h8-10,14H,4-7,15H2,1-3H3. The highest BCUT2D eigenvalue weighted by atomic mass is 16.5. The second kappa shape index (κ2) is 6.54. The van der Waals surface area contributed by atoms with E-state index in [2.05, 4.69) is 26.0 Å². The quantitative estimate of drug-likeness (QED) is 0.745. The van der Waals surface area contributed by atoms with Crippen LogP contribution in [-0.4, -0.2) is 7.11 Å². The highest BCUT2D eigenvalue weighted by Crippen LogP contribution is 2.24. The summed E-state index contributed by atoms with van der Waals surface area (Å²) in [4.78, 5) is 0. The summed E-state index contributed by atoms with van der Waals surface area (Å²) in [5, 5.41) is 0. The van der Waals surface area contributed by atoms with Gasteiger partial charge < -0.3 is 10.5 Å². The summed E-state index contributed by atoms with van der Waals surface area (Å²) in [6.45, 7) is 4.31. The molecule has 1 atom stereocenters. The zero-order chi connectivity index (χ0) is 12.0. The Labute approximate surface area is 98.8 Å². The molecule has 0 amide bonds. The van der Waals surface area contributed by atoms with Crippen LogP contribution in [0.25, 0.3) is 0 Å². The van der Waals surface area contributed by atoms with Crippen LogP contribution < -0.4 is 10.5 Å². The number of methoxy groups -OCH3 is 1. The van der Waals surface area contributed by atoms with Gasteiger partial charge in [0, 0.05) is 6.04 Å². The van der Waals surface area contributed by atoms with Crippen LogP contribution >= 0.6 is 0 Å². The highest BCUT2D eigenvalue weighted by molar-refractivity contribution is 5.36. The van der Waals surface area contributed by atoms with Crippen molar-refractivity contribution in [2.75, 3.05) is 7.11 Å². The molecule has 0 fully saturated rings. The number of unbranched alkanes of at least 4 members (excludes halogenated alkanes) is 2. The van der Waals surface area contributed by atoms with Crippen LogP contribution in [-0.2, 0) is 0 Å². The molecule has 1 rings (SSSR count). The zero-order valence-electron chi connectivity index (χ0n) is 10.6. The SMILES string of the molecule is CCCCCC(N)c1ccc(OC)cc1C. The Hall–Kier alpha value is -1.02. The van der Waals surface area contributed by atoms with Crippen molar-refractivity contribution in [1.29, 1.82) is 0 Å². The van der Waals surface area contributed by atoms with E-state index in [1.165, 1.54) is 30.4 Å². The van der Waals surface area contributed by atoms with Gasteiger partial charge in [0.25, 0.3) is 0 Å². The molecular weight excluding hydrogens is 198 g/mol. The highest BCUT2D eigenvalue weighted by Gasteiger charge is 2.09. The average Bonchev–Trinajstić information content (AvgIpc) is 2.29. The van der Waals surface area contributed by atoms with Gasteiger partial charge >= 0.3 is 0 Å². The third kappa shape index (κ3) is 3.53. The van der Waals surface area contributed by atoms with E-state index < -0.39 is 0 Å². The molecule has 0 aliphatic heterocycles. The number of nitrogens with two attached hydrogens (primary N) is 1. The molecule has 0 bridgehead atoms. The monoisotopic (exact) mass is 221 g/mol. The predicted molar refractivity (Wildman–Crippen MR) is 68.8 cm³/mol. The van der Waals surface area contributed by atoms with E-state index in [0.29, 0.717) is 0 Å². The molecule has 2 heteroatoms. The molecule has 0 aromatic heterocycles. The van der Waals surface area contributed by atoms with Crippen LogP contribution in [0.1, 0.15) is 49.8 Å². The van der Waals surface area contributed by atoms with Gasteiger partial charge in [-0.15, -0.1) is 0 Å². The fourth-order valence-corrected chi connectivity index (χ4v) is 1.96. The van der Waals surface area contributed by atoms with Crippen molar-refractivity contribution in [1.82, 2.24) is 0 Å². The van der Waals surface area contributed by atoms with Crippen LogP contribution in [0, 0.1) is 6.92 Å². The second-order valence-corrected chi connectivity index (χ2v) is 4.32. The minimum atomic E-state index is 0.164. The molecule has 1 aromatic rings. The fourth-order valence-electron chi connectivity index (χ4n) is 1.96. The van der Waals surface area contributed by atoms with Crippen molar-refractivity contribution >= 4 is 0 Å². The fraction of sp³-hybridized carbons (Fsp3) is 0.571. The van der Waals surface area contributed by atoms with Crippen LogP contribution in [0.3, 0.4) is 0 Å². The largest absolute Gasteiger partial charge is 0.497 e. The summed E-state index contributed by atoms with van der Waals surface area (Å²) in [6, 6.07) is 6.29. The Morgan fingerprint density at radius 3 is 2.62 bits per heavy atom. The molecule has 0 aliphatic rings. The topological polar surface area (TPSA) is 35.2 Å². The predicted octanol–water partition coefficient (Wildman–Crippen LogP) is 3.58. The van der Waals surface area contributed by atoms with Gasteiger partial charge in [-0.2, -0.15) is 0 Å². The van der Waals surface area contributed by atoms with Crippen molar-refractivity contribution < 1.29 is 4.74 Å². The maximum absolute atomic E-state index is 6.19. The number of ether oxygens (including phenoxy) is 1. The molecule has 0 saturated heterocycles. The minimum absolute atomic E-state index is 0.164. The number of rotatable bonds is 6. The number of benzene rings is 1. The summed E-state index contributed by atoms with van der Waals surface area (Å²) >= 11 is 0. The van der Waals surface area contributed by atoms with E-state index in [1.54, 1.807) is 7.11 Å². The van der Waals surface area contributed by atoms with Gasteiger partial charge in [-0.25, -0.2) is 0 Å². The van der Waals surface area contributed by atoms with Gasteiger partial charge in [0.15, 0.2) is 0 Å². The van der Waals surface area contributed by atoms with Gasteiger partial charge in [-0.1, -0.05) is 32.3 Å². The zero-order valence-corrected chi connectivity index (χ0v) is 10.6. The molecule has 0 radical (unpaired) electrons. The molecular formula is C14H23NO. The van der Waals surface area contributed by atoms with Crippen LogP contribution in [0.15, 0.2) is 18.2 Å². The Morgan fingerprint density at radius 2 is 2.06 bits per heavy atom. The normalized spacial score (nSPS) is 12.5. The Morgan fingerprint density at radius 1 is 1.31 bits per heavy atom. The lowest BCUT2D eigenvalue weighted by Gasteiger charge is -2.15. The molecule has 0 spiro atoms. The van der Waals surface area contributed by atoms with E-state index in [-0.39, 0.29) is 6.04 Å². The summed E-state index contributed by atoms with van der Waals surface area (Å²) in [5.41, 5.74) is 8.66. The van der Waals surface area contributed by atoms with Crippen molar-refractivity contribution in [3.8, 4) is 5.75 Å². The molecule has 90 valence electrons. The van der Waals surface area contributed by atoms with Crippen molar-refractivity contribution in [2.45, 2.75) is 45.6 Å². The molecule has 0 aliphatic carbocycles. The smallest absolute Gasteiger partial charge is 0.119 e. The molecule has 2 nitrogen and oxygen atoms in total. The summed E-state index contributed by atoms with van der Waals surface area (Å²) in [7, 11) is 1.69. The van der Waals surface area contributed by atoms with Crippen molar-refractivity contribution in [3.05, 3.63) is 29.3 Å². The first kappa shape index (κ1) is 13.0. The lowest BCUT2D eigenvalue weighted by Crippen LogP contribution is -2.11. The van der Waals surface area contributed by atoms with Crippen LogP contribution in [0.5, 0.6) is 5.75 Å². The van der Waals surface area contributed by atoms with Gasteiger partial charge in [-0.3, -0.25) is 0 Å². The number of hydrogen-bond acceptors (Lipinski definition) is 2. The first-order valence-electron chi connectivity index (χ1n) is 6.09. The van der Waals surface area contributed by atoms with Gasteiger partial charge in [0.2, 0.25) is 0 Å². The molecule has 2 N–H and O–H groups in total. The van der Waals surface area contributed by atoms with Crippen molar-refractivity contribution in [3.63, 3.8) is 0 Å². The maximum atomic E-state index is 6.19. The van der Waals surface area contributed by atoms with E-state index >= 15 is 0 Å². The number of hydrogen-bond donors (Lipinski definition) is 1. The molecule has 0 saturated carbocycles. The third-order valence-corrected chi connectivity index (χ3v) is 3.00. The van der Waals surface area contributed by atoms with Gasteiger partial charge in [0.1, 0.15) is 5.75 Å². The minimum Gasteiger partial charge on any atom is -0.497 e. The third-order valence-electron chi connectivity index (χ3n) is 3.00. The second-order valence-electron chi connectivity index (χ2n) is 4.32. The van der Waals surface area contributed by atoms with E-state index in [0.717, 1.165) is 12.2 Å². The van der Waals surface area contributed by atoms with E-state index in [1.807, 2.05) is 6.07 Å². The van der Waals surface area contributed by atoms with E-state index in [4.69, 9.17) is 10.5 Å². The lowest BCUT2D eigenvalue weighted by atomic mass is 9.97. The number of aryl methyl sites for hydroxylation is 1. The molecule has 1 aromatic carbocycles. The Bertz CT molecular complexity index is 323. The molecule has 16 heavy (non-hydrogen) atoms. The summed E-state index contributed by atoms with van der Waals surface area (Å²) < 4.78 is 5.19. The van der Waals surface area contributed by atoms with Crippen molar-refractivity contribution in [2.24, 2.45) is 5.73 Å². The Balaban J connectivity index is 2.64. The molecule has 0 heterocycles. The molecule has 1 unspecified atom stereocenters. The summed E-state index contributed by atoms with van der Waals surface area (Å²) in [5.74, 6) is 0.905. The van der Waals surface area contributed by atoms with Crippen LogP contribution in [0.2, 0.25) is 0 Å². The van der Waals surface area contributed by atoms with Gasteiger partial charge in [0.05, 0.1) is 7.11 Å². The lowest BCUT2D eigenvalue weighted by molar-refractivity contribution is 0.414. The van der Waals surface area contributed by atoms with E-state index in [9.17, 15) is 0 Å². The average molecular weight is 221 g/mol. The van der Waals surface area contributed by atoms with Crippen LogP contribution in [0.4, 0.5) is 0 Å². The Kier molecular flexibility index (Phi) is 5.33. The first-order valence-corrected chi connectivity index (χ1v) is 6.09.